The zero-order valence-corrected chi connectivity index (χ0v) is 17.2. The number of fused-ring (bicyclic) bond motifs is 1. The second kappa shape index (κ2) is 8.59. The number of hydrogen-bond acceptors (Lipinski definition) is 1. The van der Waals surface area contributed by atoms with Gasteiger partial charge < -0.3 is 0 Å². The maximum Gasteiger partial charge on any atom is 0.0705 e. The van der Waals surface area contributed by atoms with Crippen molar-refractivity contribution >= 4 is 0 Å². The van der Waals surface area contributed by atoms with E-state index in [-0.39, 0.29) is 0 Å². The van der Waals surface area contributed by atoms with Crippen molar-refractivity contribution < 1.29 is 0 Å². The quantitative estimate of drug-likeness (QED) is 0.543. The molecule has 0 aliphatic heterocycles. The molecule has 1 atom stereocenters. The van der Waals surface area contributed by atoms with Crippen molar-refractivity contribution in [1.82, 2.24) is 4.98 Å². The standard InChI is InChI=1S/C26H35N/c1-3-5-20-8-16-26-24(18-20)15-17-25(27-26)23-13-11-22(12-14-23)21-9-6-19(4-2)7-10-21/h11-15,17,19-21H,3-10,16,18H2,1-2H3/t19?,20-,21?/m0/s1. The number of nitrogens with zero attached hydrogens (tertiary/aromatic N) is 1. The minimum Gasteiger partial charge on any atom is -0.253 e. The van der Waals surface area contributed by atoms with Gasteiger partial charge in [-0.1, -0.05) is 63.4 Å². The molecule has 1 nitrogen and oxygen atoms in total. The fourth-order valence-electron chi connectivity index (χ4n) is 5.33. The van der Waals surface area contributed by atoms with Crippen molar-refractivity contribution in [2.24, 2.45) is 11.8 Å². The second-order valence-electron chi connectivity index (χ2n) is 8.95. The van der Waals surface area contributed by atoms with Crippen LogP contribution >= 0.6 is 0 Å². The summed E-state index contributed by atoms with van der Waals surface area (Å²) in [4.78, 5) is 5.04. The van der Waals surface area contributed by atoms with Crippen LogP contribution in [-0.4, -0.2) is 4.98 Å². The summed E-state index contributed by atoms with van der Waals surface area (Å²) in [6, 6.07) is 13.9. The molecule has 1 heteroatoms. The van der Waals surface area contributed by atoms with Crippen LogP contribution in [-0.2, 0) is 12.8 Å². The molecule has 2 aromatic rings. The highest BCUT2D eigenvalue weighted by Gasteiger charge is 2.22. The summed E-state index contributed by atoms with van der Waals surface area (Å²) in [5.74, 6) is 2.61. The highest BCUT2D eigenvalue weighted by Crippen LogP contribution is 2.37. The second-order valence-corrected chi connectivity index (χ2v) is 8.95. The van der Waals surface area contributed by atoms with Gasteiger partial charge in [-0.3, -0.25) is 4.98 Å². The third-order valence-electron chi connectivity index (χ3n) is 7.17. The minimum atomic E-state index is 0.772. The molecule has 2 aliphatic rings. The predicted octanol–water partition coefficient (Wildman–Crippen LogP) is 7.34. The van der Waals surface area contributed by atoms with E-state index in [1.165, 1.54) is 80.2 Å². The van der Waals surface area contributed by atoms with Crippen molar-refractivity contribution in [3.63, 3.8) is 0 Å². The molecule has 0 bridgehead atoms. The Morgan fingerprint density at radius 2 is 1.63 bits per heavy atom. The van der Waals surface area contributed by atoms with Crippen molar-refractivity contribution in [3.05, 3.63) is 53.2 Å². The highest BCUT2D eigenvalue weighted by atomic mass is 14.7. The molecular weight excluding hydrogens is 326 g/mol. The lowest BCUT2D eigenvalue weighted by Crippen LogP contribution is -2.15. The molecule has 4 rings (SSSR count). The number of rotatable bonds is 5. The molecule has 1 fully saturated rings. The largest absolute Gasteiger partial charge is 0.253 e. The molecule has 1 aromatic carbocycles. The van der Waals surface area contributed by atoms with Crippen LogP contribution in [0.1, 0.15) is 88.0 Å². The summed E-state index contributed by atoms with van der Waals surface area (Å²) in [5.41, 5.74) is 6.81. The average Bonchev–Trinajstić information content (AvgIpc) is 2.74. The van der Waals surface area contributed by atoms with Gasteiger partial charge in [0.2, 0.25) is 0 Å². The fraction of sp³-hybridized carbons (Fsp3) is 0.577. The fourth-order valence-corrected chi connectivity index (χ4v) is 5.33. The Morgan fingerprint density at radius 3 is 2.33 bits per heavy atom. The van der Waals surface area contributed by atoms with Crippen LogP contribution in [0.3, 0.4) is 0 Å². The Labute approximate surface area is 165 Å². The van der Waals surface area contributed by atoms with Crippen LogP contribution in [0.15, 0.2) is 36.4 Å². The van der Waals surface area contributed by atoms with E-state index < -0.39 is 0 Å². The smallest absolute Gasteiger partial charge is 0.0705 e. The molecule has 144 valence electrons. The van der Waals surface area contributed by atoms with Crippen molar-refractivity contribution in [2.75, 3.05) is 0 Å². The summed E-state index contributed by atoms with van der Waals surface area (Å²) in [5, 5.41) is 0. The van der Waals surface area contributed by atoms with E-state index in [1.807, 2.05) is 0 Å². The van der Waals surface area contributed by atoms with E-state index in [2.05, 4.69) is 50.2 Å². The number of aryl methyl sites for hydroxylation is 1. The first-order valence-electron chi connectivity index (χ1n) is 11.4. The third-order valence-corrected chi connectivity index (χ3v) is 7.17. The van der Waals surface area contributed by atoms with Crippen LogP contribution in [0.5, 0.6) is 0 Å². The van der Waals surface area contributed by atoms with Gasteiger partial charge in [-0.2, -0.15) is 0 Å². The zero-order valence-electron chi connectivity index (χ0n) is 17.2. The highest BCUT2D eigenvalue weighted by molar-refractivity contribution is 5.60. The van der Waals surface area contributed by atoms with Gasteiger partial charge in [-0.25, -0.2) is 0 Å². The molecule has 0 radical (unpaired) electrons. The summed E-state index contributed by atoms with van der Waals surface area (Å²) < 4.78 is 0. The Morgan fingerprint density at radius 1 is 0.852 bits per heavy atom. The van der Waals surface area contributed by atoms with Gasteiger partial charge in [-0.15, -0.1) is 0 Å². The summed E-state index contributed by atoms with van der Waals surface area (Å²) >= 11 is 0. The van der Waals surface area contributed by atoms with Crippen molar-refractivity contribution in [1.29, 1.82) is 0 Å². The van der Waals surface area contributed by atoms with Gasteiger partial charge in [0.15, 0.2) is 0 Å². The minimum absolute atomic E-state index is 0.772. The van der Waals surface area contributed by atoms with E-state index in [9.17, 15) is 0 Å². The number of hydrogen-bond donors (Lipinski definition) is 0. The summed E-state index contributed by atoms with van der Waals surface area (Å²) in [6.07, 6.45) is 13.3. The van der Waals surface area contributed by atoms with E-state index in [0.29, 0.717) is 0 Å². The Balaban J connectivity index is 1.45. The molecule has 0 amide bonds. The molecule has 2 aliphatic carbocycles. The maximum atomic E-state index is 5.04. The van der Waals surface area contributed by atoms with Crippen LogP contribution in [0.25, 0.3) is 11.3 Å². The SMILES string of the molecule is CCC[C@H]1CCc2nc(-c3ccc(C4CCC(CC)CC4)cc3)ccc2C1. The molecular formula is C26H35N. The Hall–Kier alpha value is -1.63. The Bertz CT molecular complexity index is 737. The van der Waals surface area contributed by atoms with Crippen molar-refractivity contribution in [2.45, 2.75) is 84.0 Å². The Kier molecular flexibility index (Phi) is 5.95. The molecule has 0 saturated heterocycles. The topological polar surface area (TPSA) is 12.9 Å². The van der Waals surface area contributed by atoms with Gasteiger partial charge in [0, 0.05) is 11.3 Å². The van der Waals surface area contributed by atoms with Crippen LogP contribution in [0.2, 0.25) is 0 Å². The van der Waals surface area contributed by atoms with Gasteiger partial charge in [0.05, 0.1) is 5.69 Å². The number of benzene rings is 1. The van der Waals surface area contributed by atoms with Crippen molar-refractivity contribution in [3.8, 4) is 11.3 Å². The molecule has 0 spiro atoms. The lowest BCUT2D eigenvalue weighted by atomic mass is 9.78. The summed E-state index contributed by atoms with van der Waals surface area (Å²) in [7, 11) is 0. The molecule has 0 unspecified atom stereocenters. The molecule has 1 saturated carbocycles. The van der Waals surface area contributed by atoms with E-state index in [0.717, 1.165) is 29.9 Å². The lowest BCUT2D eigenvalue weighted by Gasteiger charge is -2.28. The van der Waals surface area contributed by atoms with Crippen LogP contribution < -0.4 is 0 Å². The number of aromatic nitrogens is 1. The maximum absolute atomic E-state index is 5.04. The van der Waals surface area contributed by atoms with Crippen LogP contribution in [0.4, 0.5) is 0 Å². The normalized spacial score (nSPS) is 25.2. The molecule has 1 heterocycles. The first kappa shape index (κ1) is 18.7. The van der Waals surface area contributed by atoms with Gasteiger partial charge in [0.1, 0.15) is 0 Å². The first-order valence-corrected chi connectivity index (χ1v) is 11.4. The molecule has 27 heavy (non-hydrogen) atoms. The van der Waals surface area contributed by atoms with Gasteiger partial charge in [0.25, 0.3) is 0 Å². The van der Waals surface area contributed by atoms with E-state index in [1.54, 1.807) is 0 Å². The summed E-state index contributed by atoms with van der Waals surface area (Å²) in [6.45, 7) is 4.64. The third kappa shape index (κ3) is 4.28. The average molecular weight is 362 g/mol. The predicted molar refractivity (Wildman–Crippen MR) is 115 cm³/mol. The van der Waals surface area contributed by atoms with E-state index >= 15 is 0 Å². The van der Waals surface area contributed by atoms with Gasteiger partial charge in [-0.05, 0) is 79.9 Å². The molecule has 1 aromatic heterocycles. The van der Waals surface area contributed by atoms with E-state index in [4.69, 9.17) is 4.98 Å². The monoisotopic (exact) mass is 361 g/mol. The number of pyridine rings is 1. The lowest BCUT2D eigenvalue weighted by molar-refractivity contribution is 0.319. The van der Waals surface area contributed by atoms with Crippen LogP contribution in [0, 0.1) is 11.8 Å². The zero-order chi connectivity index (χ0) is 18.6. The first-order chi connectivity index (χ1) is 13.3. The molecule has 0 N–H and O–H groups in total. The van der Waals surface area contributed by atoms with Gasteiger partial charge >= 0.3 is 0 Å².